The molecule has 1 unspecified atom stereocenters. The molecule has 2 saturated carbocycles. The summed E-state index contributed by atoms with van der Waals surface area (Å²) in [4.78, 5) is 15.0. The van der Waals surface area contributed by atoms with Gasteiger partial charge in [-0.05, 0) is 56.8 Å². The molecule has 0 bridgehead atoms. The number of fused-ring (bicyclic) bond motifs is 5. The third-order valence-electron chi connectivity index (χ3n) is 7.10. The summed E-state index contributed by atoms with van der Waals surface area (Å²) >= 11 is 0. The fourth-order valence-corrected chi connectivity index (χ4v) is 6.00. The van der Waals surface area contributed by atoms with Crippen LogP contribution >= 0.6 is 0 Å². The van der Waals surface area contributed by atoms with Gasteiger partial charge in [-0.2, -0.15) is 0 Å². The van der Waals surface area contributed by atoms with Crippen molar-refractivity contribution < 1.29 is 9.90 Å². The van der Waals surface area contributed by atoms with Gasteiger partial charge in [-0.25, -0.2) is 0 Å². The first-order valence-corrected chi connectivity index (χ1v) is 8.57. The lowest BCUT2D eigenvalue weighted by Gasteiger charge is -2.56. The summed E-state index contributed by atoms with van der Waals surface area (Å²) in [5, 5.41) is 9.90. The summed E-state index contributed by atoms with van der Waals surface area (Å²) in [6.07, 6.45) is 8.63. The summed E-state index contributed by atoms with van der Waals surface area (Å²) in [7, 11) is 0. The predicted molar refractivity (Wildman–Crippen MR) is 77.3 cm³/mol. The van der Waals surface area contributed by atoms with E-state index in [1.165, 1.54) is 19.3 Å². The number of hydrogen-bond donors (Lipinski definition) is 1. The highest BCUT2D eigenvalue weighted by atomic mass is 16.3. The predicted octanol–water partition coefficient (Wildman–Crippen LogP) is 2.37. The summed E-state index contributed by atoms with van der Waals surface area (Å²) < 4.78 is 0. The molecule has 0 aromatic heterocycles. The van der Waals surface area contributed by atoms with E-state index in [4.69, 9.17) is 0 Å². The third kappa shape index (κ3) is 1.75. The molecule has 2 aliphatic heterocycles. The van der Waals surface area contributed by atoms with E-state index in [0.29, 0.717) is 23.8 Å². The first-order valence-electron chi connectivity index (χ1n) is 8.57. The second-order valence-corrected chi connectivity index (χ2v) is 7.90. The Hall–Kier alpha value is -0.410. The van der Waals surface area contributed by atoms with E-state index >= 15 is 0 Å². The molecule has 0 amide bonds. The first-order chi connectivity index (χ1) is 9.59. The molecule has 0 aromatic carbocycles. The quantitative estimate of drug-likeness (QED) is 0.739. The zero-order valence-electron chi connectivity index (χ0n) is 12.6. The fourth-order valence-electron chi connectivity index (χ4n) is 6.00. The summed E-state index contributed by atoms with van der Waals surface area (Å²) in [5.41, 5.74) is 0.00328. The number of Topliss-reactive ketones (excluding diaryl/α,β-unsaturated/α-hetero) is 1. The Balaban J connectivity index is 1.58. The van der Waals surface area contributed by atoms with Crippen LogP contribution in [0.5, 0.6) is 0 Å². The van der Waals surface area contributed by atoms with E-state index in [-0.39, 0.29) is 11.5 Å². The second kappa shape index (κ2) is 4.54. The van der Waals surface area contributed by atoms with E-state index in [2.05, 4.69) is 11.8 Å². The number of aliphatic hydroxyl groups is 1. The van der Waals surface area contributed by atoms with E-state index in [1.54, 1.807) is 0 Å². The van der Waals surface area contributed by atoms with Gasteiger partial charge in [0, 0.05) is 30.5 Å². The molecule has 4 fully saturated rings. The molecule has 6 atom stereocenters. The van der Waals surface area contributed by atoms with Crippen LogP contribution in [0.25, 0.3) is 0 Å². The minimum absolute atomic E-state index is 0.00328. The van der Waals surface area contributed by atoms with Gasteiger partial charge in [-0.1, -0.05) is 6.92 Å². The van der Waals surface area contributed by atoms with Crippen LogP contribution in [0, 0.1) is 17.3 Å². The minimum atomic E-state index is -0.0743. The van der Waals surface area contributed by atoms with Gasteiger partial charge < -0.3 is 5.11 Å². The van der Waals surface area contributed by atoms with E-state index in [1.807, 2.05) is 0 Å². The average molecular weight is 277 g/mol. The Morgan fingerprint density at radius 3 is 2.90 bits per heavy atom. The van der Waals surface area contributed by atoms with Crippen molar-refractivity contribution in [1.82, 2.24) is 4.90 Å². The van der Waals surface area contributed by atoms with Crippen molar-refractivity contribution in [2.45, 2.75) is 76.5 Å². The summed E-state index contributed by atoms with van der Waals surface area (Å²) in [6.45, 7) is 3.32. The van der Waals surface area contributed by atoms with Gasteiger partial charge in [-0.3, -0.25) is 9.69 Å². The molecule has 1 N–H and O–H groups in total. The van der Waals surface area contributed by atoms with Gasteiger partial charge in [0.2, 0.25) is 0 Å². The smallest absolute Gasteiger partial charge is 0.139 e. The largest absolute Gasteiger partial charge is 0.393 e. The molecule has 0 spiro atoms. The Kier molecular flexibility index (Phi) is 3.01. The molecule has 4 rings (SSSR count). The van der Waals surface area contributed by atoms with Crippen molar-refractivity contribution >= 4 is 5.78 Å². The van der Waals surface area contributed by atoms with Crippen LogP contribution in [-0.4, -0.2) is 40.5 Å². The zero-order chi connectivity index (χ0) is 13.9. The maximum atomic E-state index is 12.3. The number of carbonyl (C=O) groups excluding carboxylic acids is 1. The SMILES string of the molecule is C[C@]12CC[C@H]3[C@@H](CCC4C[C@@H](O)CCN43)[C@@H]1CCC2=O. The molecule has 2 aliphatic carbocycles. The lowest BCUT2D eigenvalue weighted by Crippen LogP contribution is -2.60. The van der Waals surface area contributed by atoms with Crippen LogP contribution in [0.1, 0.15) is 58.3 Å². The van der Waals surface area contributed by atoms with E-state index in [9.17, 15) is 9.90 Å². The highest BCUT2D eigenvalue weighted by Gasteiger charge is 2.56. The van der Waals surface area contributed by atoms with Gasteiger partial charge in [0.1, 0.15) is 5.78 Å². The number of hydrogen-bond acceptors (Lipinski definition) is 3. The van der Waals surface area contributed by atoms with Crippen LogP contribution in [-0.2, 0) is 4.79 Å². The first kappa shape index (κ1) is 13.3. The van der Waals surface area contributed by atoms with Crippen molar-refractivity contribution in [3.63, 3.8) is 0 Å². The van der Waals surface area contributed by atoms with Crippen molar-refractivity contribution in [2.24, 2.45) is 17.3 Å². The molecule has 0 aromatic rings. The fraction of sp³-hybridized carbons (Fsp3) is 0.941. The van der Waals surface area contributed by atoms with Crippen LogP contribution in [0.15, 0.2) is 0 Å². The van der Waals surface area contributed by atoms with Crippen molar-refractivity contribution in [1.29, 1.82) is 0 Å². The van der Waals surface area contributed by atoms with Gasteiger partial charge in [0.25, 0.3) is 0 Å². The maximum Gasteiger partial charge on any atom is 0.139 e. The number of rotatable bonds is 0. The van der Waals surface area contributed by atoms with Gasteiger partial charge in [-0.15, -0.1) is 0 Å². The molecule has 0 radical (unpaired) electrons. The lowest BCUT2D eigenvalue weighted by atomic mass is 9.59. The molecule has 2 saturated heterocycles. The van der Waals surface area contributed by atoms with Gasteiger partial charge >= 0.3 is 0 Å². The summed E-state index contributed by atoms with van der Waals surface area (Å²) in [5.74, 6) is 1.92. The zero-order valence-corrected chi connectivity index (χ0v) is 12.6. The van der Waals surface area contributed by atoms with Crippen molar-refractivity contribution in [2.75, 3.05) is 6.54 Å². The van der Waals surface area contributed by atoms with Crippen LogP contribution in [0.3, 0.4) is 0 Å². The highest BCUT2D eigenvalue weighted by Crippen LogP contribution is 2.56. The Morgan fingerprint density at radius 1 is 1.20 bits per heavy atom. The molecule has 112 valence electrons. The third-order valence-corrected chi connectivity index (χ3v) is 7.10. The standard InChI is InChI=1S/C17H27NO2/c1-17-8-6-15-13(14(17)4-5-16(17)20)3-2-11-10-12(19)7-9-18(11)15/h11-15,19H,2-10H2,1H3/t11?,12-,13-,14-,15-,17-/m0/s1. The molecule has 3 heteroatoms. The Bertz CT molecular complexity index is 423. The number of ketones is 1. The van der Waals surface area contributed by atoms with Crippen LogP contribution < -0.4 is 0 Å². The van der Waals surface area contributed by atoms with Crippen LogP contribution in [0.2, 0.25) is 0 Å². The van der Waals surface area contributed by atoms with Crippen LogP contribution in [0.4, 0.5) is 0 Å². The second-order valence-electron chi connectivity index (χ2n) is 7.90. The minimum Gasteiger partial charge on any atom is -0.393 e. The normalized spacial score (nSPS) is 52.3. The molecular weight excluding hydrogens is 250 g/mol. The number of nitrogens with zero attached hydrogens (tertiary/aromatic N) is 1. The Labute approximate surface area is 121 Å². The van der Waals surface area contributed by atoms with Crippen molar-refractivity contribution in [3.8, 4) is 0 Å². The number of aliphatic hydroxyl groups excluding tert-OH is 1. The maximum absolute atomic E-state index is 12.3. The molecule has 3 nitrogen and oxygen atoms in total. The lowest BCUT2D eigenvalue weighted by molar-refractivity contribution is -0.134. The number of piperidine rings is 2. The topological polar surface area (TPSA) is 40.5 Å². The summed E-state index contributed by atoms with van der Waals surface area (Å²) in [6, 6.07) is 1.31. The van der Waals surface area contributed by atoms with E-state index in [0.717, 1.165) is 44.6 Å². The molecule has 4 aliphatic rings. The monoisotopic (exact) mass is 277 g/mol. The Morgan fingerprint density at radius 2 is 2.05 bits per heavy atom. The molecule has 2 heterocycles. The molecule has 20 heavy (non-hydrogen) atoms. The molecular formula is C17H27NO2. The van der Waals surface area contributed by atoms with Gasteiger partial charge in [0.05, 0.1) is 6.10 Å². The number of carbonyl (C=O) groups is 1. The van der Waals surface area contributed by atoms with Crippen molar-refractivity contribution in [3.05, 3.63) is 0 Å². The highest BCUT2D eigenvalue weighted by molar-refractivity contribution is 5.87. The van der Waals surface area contributed by atoms with E-state index < -0.39 is 0 Å². The average Bonchev–Trinajstić information content (AvgIpc) is 2.74. The van der Waals surface area contributed by atoms with Gasteiger partial charge in [0.15, 0.2) is 0 Å².